The van der Waals surface area contributed by atoms with Gasteiger partial charge < -0.3 is 5.32 Å². The maximum Gasteiger partial charge on any atom is 0.333 e. The van der Waals surface area contributed by atoms with Crippen LogP contribution in [-0.4, -0.2) is 24.6 Å². The zero-order valence-corrected chi connectivity index (χ0v) is 14.4. The van der Waals surface area contributed by atoms with E-state index in [0.717, 1.165) is 55.3 Å². The summed E-state index contributed by atoms with van der Waals surface area (Å²) in [5.41, 5.74) is 5.63. The van der Waals surface area contributed by atoms with Gasteiger partial charge in [0.1, 0.15) is 0 Å². The Morgan fingerprint density at radius 3 is 2.32 bits per heavy atom. The molecule has 0 bridgehead atoms. The minimum atomic E-state index is -4.04. The van der Waals surface area contributed by atoms with Crippen LogP contribution in [0.3, 0.4) is 0 Å². The van der Waals surface area contributed by atoms with Crippen LogP contribution < -0.4 is 10.0 Å². The summed E-state index contributed by atoms with van der Waals surface area (Å²) in [6, 6.07) is 4.24. The predicted molar refractivity (Wildman–Crippen MR) is 91.9 cm³/mol. The molecular weight excluding hydrogens is 340 g/mol. The van der Waals surface area contributed by atoms with E-state index < -0.39 is 16.1 Å². The number of amides is 2. The molecular formula is C17H18N4O3S. The molecule has 1 aromatic carbocycles. The fraction of sp³-hybridized carbons (Fsp3) is 0.353. The molecule has 0 atom stereocenters. The first-order chi connectivity index (χ1) is 12.0. The molecule has 25 heavy (non-hydrogen) atoms. The predicted octanol–water partition coefficient (Wildman–Crippen LogP) is 1.96. The number of hydrogen-bond donors (Lipinski definition) is 2. The highest BCUT2D eigenvalue weighted by molar-refractivity contribution is 7.90. The fourth-order valence-electron chi connectivity index (χ4n) is 3.71. The highest BCUT2D eigenvalue weighted by atomic mass is 32.2. The van der Waals surface area contributed by atoms with Gasteiger partial charge in [-0.15, -0.1) is 5.10 Å². The SMILES string of the molecule is O=C(Nc1c2c(cc3c1CCC3)CCC2)NS(=O)(=O)c1cccnn1. The third-order valence-electron chi connectivity index (χ3n) is 4.76. The lowest BCUT2D eigenvalue weighted by molar-refractivity contribution is 0.256. The van der Waals surface area contributed by atoms with Gasteiger partial charge in [-0.1, -0.05) is 6.07 Å². The molecule has 0 saturated heterocycles. The zero-order valence-electron chi connectivity index (χ0n) is 13.6. The highest BCUT2D eigenvalue weighted by Gasteiger charge is 2.26. The standard InChI is InChI=1S/C17H18N4O3S/c22-17(21-25(23,24)15-8-3-9-18-20-15)19-16-13-6-1-4-11(13)10-12-5-2-7-14(12)16/h3,8-10H,1-2,4-7H2,(H2,19,21,22). The zero-order chi connectivity index (χ0) is 17.4. The van der Waals surface area contributed by atoms with Gasteiger partial charge in [0, 0.05) is 11.9 Å². The van der Waals surface area contributed by atoms with E-state index in [4.69, 9.17) is 0 Å². The lowest BCUT2D eigenvalue weighted by Gasteiger charge is -2.16. The van der Waals surface area contributed by atoms with Crippen LogP contribution in [0.15, 0.2) is 29.4 Å². The average molecular weight is 358 g/mol. The van der Waals surface area contributed by atoms with Crippen LogP contribution in [0.2, 0.25) is 0 Å². The Morgan fingerprint density at radius 2 is 1.72 bits per heavy atom. The summed E-state index contributed by atoms with van der Waals surface area (Å²) in [6.07, 6.45) is 7.34. The van der Waals surface area contributed by atoms with E-state index in [0.29, 0.717) is 0 Å². The van der Waals surface area contributed by atoms with Crippen molar-refractivity contribution in [1.29, 1.82) is 0 Å². The molecule has 7 nitrogen and oxygen atoms in total. The van der Waals surface area contributed by atoms with Gasteiger partial charge in [0.15, 0.2) is 5.03 Å². The van der Waals surface area contributed by atoms with Gasteiger partial charge in [-0.2, -0.15) is 13.5 Å². The molecule has 2 N–H and O–H groups in total. The van der Waals surface area contributed by atoms with Crippen LogP contribution >= 0.6 is 0 Å². The minimum Gasteiger partial charge on any atom is -0.307 e. The van der Waals surface area contributed by atoms with E-state index in [9.17, 15) is 13.2 Å². The van der Waals surface area contributed by atoms with Gasteiger partial charge in [0.25, 0.3) is 10.0 Å². The van der Waals surface area contributed by atoms with E-state index >= 15 is 0 Å². The fourth-order valence-corrected chi connectivity index (χ4v) is 4.52. The molecule has 1 aromatic heterocycles. The number of hydrogen-bond acceptors (Lipinski definition) is 5. The molecule has 0 aliphatic heterocycles. The topological polar surface area (TPSA) is 101 Å². The number of benzene rings is 1. The number of carbonyl (C=O) groups is 1. The van der Waals surface area contributed by atoms with Crippen LogP contribution in [0.1, 0.15) is 35.1 Å². The first-order valence-corrected chi connectivity index (χ1v) is 9.81. The average Bonchev–Trinajstić information content (AvgIpc) is 3.24. The Bertz CT molecular complexity index is 910. The highest BCUT2D eigenvalue weighted by Crippen LogP contribution is 2.38. The van der Waals surface area contributed by atoms with E-state index in [1.54, 1.807) is 0 Å². The van der Waals surface area contributed by atoms with Gasteiger partial charge in [0.2, 0.25) is 0 Å². The van der Waals surface area contributed by atoms with Gasteiger partial charge in [-0.25, -0.2) is 9.52 Å². The second-order valence-electron chi connectivity index (χ2n) is 6.36. The van der Waals surface area contributed by atoms with Crippen molar-refractivity contribution in [2.45, 2.75) is 43.6 Å². The summed E-state index contributed by atoms with van der Waals surface area (Å²) in [6.45, 7) is 0. The summed E-state index contributed by atoms with van der Waals surface area (Å²) < 4.78 is 26.5. The number of carbonyl (C=O) groups excluding carboxylic acids is 1. The molecule has 2 amide bonds. The van der Waals surface area contributed by atoms with Gasteiger partial charge in [-0.05, 0) is 72.9 Å². The Morgan fingerprint density at radius 1 is 1.04 bits per heavy atom. The van der Waals surface area contributed by atoms with Crippen molar-refractivity contribution in [3.8, 4) is 0 Å². The van der Waals surface area contributed by atoms with E-state index in [2.05, 4.69) is 21.6 Å². The Labute approximate surface area is 145 Å². The molecule has 2 aromatic rings. The van der Waals surface area contributed by atoms with Crippen molar-refractivity contribution in [2.75, 3.05) is 5.32 Å². The molecule has 1 heterocycles. The number of urea groups is 1. The molecule has 2 aliphatic carbocycles. The normalized spacial score (nSPS) is 15.5. The molecule has 0 fully saturated rings. The van der Waals surface area contributed by atoms with Crippen LogP contribution in [0.5, 0.6) is 0 Å². The van der Waals surface area contributed by atoms with Crippen molar-refractivity contribution >= 4 is 21.7 Å². The molecule has 2 aliphatic rings. The van der Waals surface area contributed by atoms with Gasteiger partial charge in [0.05, 0.1) is 0 Å². The number of fused-ring (bicyclic) bond motifs is 2. The quantitative estimate of drug-likeness (QED) is 0.873. The third kappa shape index (κ3) is 2.97. The third-order valence-corrected chi connectivity index (χ3v) is 5.98. The number of sulfonamides is 1. The van der Waals surface area contributed by atoms with Gasteiger partial charge >= 0.3 is 6.03 Å². The largest absolute Gasteiger partial charge is 0.333 e. The maximum atomic E-state index is 12.4. The molecule has 0 radical (unpaired) electrons. The van der Waals surface area contributed by atoms with Crippen molar-refractivity contribution in [1.82, 2.24) is 14.9 Å². The molecule has 0 unspecified atom stereocenters. The Kier molecular flexibility index (Phi) is 3.91. The maximum absolute atomic E-state index is 12.4. The van der Waals surface area contributed by atoms with E-state index in [1.807, 2.05) is 4.72 Å². The molecule has 130 valence electrons. The Hall–Kier alpha value is -2.48. The second kappa shape index (κ2) is 6.11. The number of anilines is 1. The van der Waals surface area contributed by atoms with Crippen LogP contribution in [0.4, 0.5) is 10.5 Å². The summed E-state index contributed by atoms with van der Waals surface area (Å²) in [5, 5.41) is 9.59. The number of aromatic nitrogens is 2. The number of rotatable bonds is 3. The van der Waals surface area contributed by atoms with Crippen molar-refractivity contribution < 1.29 is 13.2 Å². The number of nitrogens with one attached hydrogen (secondary N) is 2. The summed E-state index contributed by atoms with van der Waals surface area (Å²) in [5.74, 6) is 0. The van der Waals surface area contributed by atoms with Crippen LogP contribution in [0.25, 0.3) is 0 Å². The number of aryl methyl sites for hydroxylation is 2. The molecule has 4 rings (SSSR count). The second-order valence-corrected chi connectivity index (χ2v) is 7.98. The van der Waals surface area contributed by atoms with E-state index in [-0.39, 0.29) is 5.03 Å². The smallest absolute Gasteiger partial charge is 0.307 e. The van der Waals surface area contributed by atoms with Crippen molar-refractivity contribution in [3.63, 3.8) is 0 Å². The van der Waals surface area contributed by atoms with Crippen molar-refractivity contribution in [2.24, 2.45) is 0 Å². The lowest BCUT2D eigenvalue weighted by Crippen LogP contribution is -2.35. The molecule has 0 spiro atoms. The number of nitrogens with zero attached hydrogens (tertiary/aromatic N) is 2. The lowest BCUT2D eigenvalue weighted by atomic mass is 9.99. The monoisotopic (exact) mass is 358 g/mol. The Balaban J connectivity index is 1.60. The van der Waals surface area contributed by atoms with E-state index in [1.165, 1.54) is 29.5 Å². The minimum absolute atomic E-state index is 0.284. The molecule has 8 heteroatoms. The summed E-state index contributed by atoms with van der Waals surface area (Å²) in [7, 11) is -4.04. The first kappa shape index (κ1) is 16.0. The summed E-state index contributed by atoms with van der Waals surface area (Å²) in [4.78, 5) is 12.4. The van der Waals surface area contributed by atoms with Crippen molar-refractivity contribution in [3.05, 3.63) is 46.6 Å². The molecule has 0 saturated carbocycles. The van der Waals surface area contributed by atoms with Gasteiger partial charge in [-0.3, -0.25) is 0 Å². The summed E-state index contributed by atoms with van der Waals surface area (Å²) >= 11 is 0. The first-order valence-electron chi connectivity index (χ1n) is 8.32. The van der Waals surface area contributed by atoms with Crippen LogP contribution in [0, 0.1) is 0 Å². The van der Waals surface area contributed by atoms with Crippen LogP contribution in [-0.2, 0) is 35.7 Å².